The molecule has 1 nitrogen and oxygen atoms in total. The second-order valence-corrected chi connectivity index (χ2v) is 8.62. The van der Waals surface area contributed by atoms with E-state index in [4.69, 9.17) is 0 Å². The molecular formula is C19H30O. The highest BCUT2D eigenvalue weighted by atomic mass is 16.1. The molecule has 112 valence electrons. The number of carbonyl (C=O) groups excluding carboxylic acids is 1. The lowest BCUT2D eigenvalue weighted by atomic mass is 9.46. The molecule has 0 N–H and O–H groups in total. The first-order valence-electron chi connectivity index (χ1n) is 8.53. The summed E-state index contributed by atoms with van der Waals surface area (Å²) in [6, 6.07) is 0. The Labute approximate surface area is 124 Å². The summed E-state index contributed by atoms with van der Waals surface area (Å²) in [5, 5.41) is 0. The number of allylic oxidation sites excluding steroid dienone is 2. The summed E-state index contributed by atoms with van der Waals surface area (Å²) >= 11 is 0. The average Bonchev–Trinajstić information content (AvgIpc) is 2.48. The van der Waals surface area contributed by atoms with Crippen LogP contribution >= 0.6 is 0 Å². The lowest BCUT2D eigenvalue weighted by Crippen LogP contribution is -2.52. The molecule has 0 saturated heterocycles. The largest absolute Gasteiger partial charge is 0.299 e. The van der Waals surface area contributed by atoms with Gasteiger partial charge in [0.2, 0.25) is 0 Å². The van der Waals surface area contributed by atoms with Gasteiger partial charge < -0.3 is 0 Å². The van der Waals surface area contributed by atoms with E-state index in [9.17, 15) is 4.79 Å². The van der Waals surface area contributed by atoms with E-state index in [0.717, 1.165) is 18.8 Å². The van der Waals surface area contributed by atoms with Crippen molar-refractivity contribution < 1.29 is 4.79 Å². The Hall–Kier alpha value is -0.590. The molecular weight excluding hydrogens is 244 g/mol. The summed E-state index contributed by atoms with van der Waals surface area (Å²) in [5.41, 5.74) is 2.16. The van der Waals surface area contributed by atoms with Gasteiger partial charge in [-0.25, -0.2) is 0 Å². The van der Waals surface area contributed by atoms with Crippen LogP contribution in [-0.2, 0) is 4.79 Å². The van der Waals surface area contributed by atoms with E-state index in [1.807, 2.05) is 0 Å². The summed E-state index contributed by atoms with van der Waals surface area (Å²) in [5.74, 6) is 2.29. The van der Waals surface area contributed by atoms with E-state index in [1.54, 1.807) is 0 Å². The van der Waals surface area contributed by atoms with Crippen LogP contribution in [0.3, 0.4) is 0 Å². The zero-order chi connectivity index (χ0) is 14.5. The van der Waals surface area contributed by atoms with Gasteiger partial charge in [-0.2, -0.15) is 0 Å². The van der Waals surface area contributed by atoms with Crippen molar-refractivity contribution in [3.05, 3.63) is 11.6 Å². The molecule has 0 aromatic carbocycles. The molecule has 0 amide bonds. The maximum Gasteiger partial charge on any atom is 0.140 e. The van der Waals surface area contributed by atoms with Gasteiger partial charge in [-0.1, -0.05) is 38.8 Å². The van der Waals surface area contributed by atoms with Crippen molar-refractivity contribution in [1.29, 1.82) is 0 Å². The molecule has 3 aliphatic rings. The average molecular weight is 274 g/mol. The summed E-state index contributed by atoms with van der Waals surface area (Å²) in [7, 11) is 0. The van der Waals surface area contributed by atoms with E-state index in [0.29, 0.717) is 34.9 Å². The number of hydrogen-bond acceptors (Lipinski definition) is 1. The Kier molecular flexibility index (Phi) is 3.38. The first-order valence-corrected chi connectivity index (χ1v) is 8.53. The third-order valence-electron chi connectivity index (χ3n) is 6.96. The molecule has 4 atom stereocenters. The lowest BCUT2D eigenvalue weighted by molar-refractivity contribution is -0.138. The van der Waals surface area contributed by atoms with Crippen molar-refractivity contribution in [2.45, 2.75) is 72.6 Å². The molecule has 2 fully saturated rings. The van der Waals surface area contributed by atoms with Gasteiger partial charge in [0.05, 0.1) is 0 Å². The number of Topliss-reactive ketones (excluding diaryl/α,β-unsaturated/α-hetero) is 1. The maximum atomic E-state index is 12.6. The van der Waals surface area contributed by atoms with Crippen molar-refractivity contribution in [1.82, 2.24) is 0 Å². The van der Waals surface area contributed by atoms with Gasteiger partial charge in [0.25, 0.3) is 0 Å². The molecule has 0 aliphatic heterocycles. The van der Waals surface area contributed by atoms with Crippen LogP contribution in [0.15, 0.2) is 11.6 Å². The SMILES string of the molecule is CC1=CCC2C(CCC3C(C)(C)CCCC23C)C(=O)C1. The number of rotatable bonds is 0. The van der Waals surface area contributed by atoms with Crippen LogP contribution in [0, 0.1) is 28.6 Å². The molecule has 1 heteroatoms. The Morgan fingerprint density at radius 2 is 1.90 bits per heavy atom. The van der Waals surface area contributed by atoms with E-state index in [2.05, 4.69) is 33.8 Å². The van der Waals surface area contributed by atoms with Crippen molar-refractivity contribution in [3.63, 3.8) is 0 Å². The maximum absolute atomic E-state index is 12.6. The van der Waals surface area contributed by atoms with Gasteiger partial charge in [-0.05, 0) is 61.7 Å². The van der Waals surface area contributed by atoms with Crippen LogP contribution in [-0.4, -0.2) is 5.78 Å². The summed E-state index contributed by atoms with van der Waals surface area (Å²) in [4.78, 5) is 12.6. The van der Waals surface area contributed by atoms with Gasteiger partial charge in [-0.15, -0.1) is 0 Å². The van der Waals surface area contributed by atoms with E-state index >= 15 is 0 Å². The molecule has 4 unspecified atom stereocenters. The Morgan fingerprint density at radius 1 is 1.15 bits per heavy atom. The molecule has 2 saturated carbocycles. The summed E-state index contributed by atoms with van der Waals surface area (Å²) in [6.07, 6.45) is 10.7. The smallest absolute Gasteiger partial charge is 0.140 e. The molecule has 0 bridgehead atoms. The standard InChI is InChI=1S/C19H30O/c1-13-6-8-15-14(16(20)12-13)7-9-17-18(2,3)10-5-11-19(15,17)4/h6,14-15,17H,5,7-12H2,1-4H3. The Bertz CT molecular complexity index is 445. The van der Waals surface area contributed by atoms with E-state index in [1.165, 1.54) is 31.3 Å². The number of fused-ring (bicyclic) bond motifs is 3. The fraction of sp³-hybridized carbons (Fsp3) is 0.842. The second-order valence-electron chi connectivity index (χ2n) is 8.62. The third-order valence-corrected chi connectivity index (χ3v) is 6.96. The predicted octanol–water partition coefficient (Wildman–Crippen LogP) is 5.15. The van der Waals surface area contributed by atoms with Crippen LogP contribution in [0.2, 0.25) is 0 Å². The molecule has 0 radical (unpaired) electrons. The van der Waals surface area contributed by atoms with Crippen molar-refractivity contribution in [3.8, 4) is 0 Å². The molecule has 0 aromatic heterocycles. The molecule has 3 rings (SSSR count). The van der Waals surface area contributed by atoms with Gasteiger partial charge in [0, 0.05) is 12.3 Å². The molecule has 20 heavy (non-hydrogen) atoms. The van der Waals surface area contributed by atoms with E-state index in [-0.39, 0.29) is 0 Å². The van der Waals surface area contributed by atoms with Gasteiger partial charge in [0.1, 0.15) is 5.78 Å². The van der Waals surface area contributed by atoms with Crippen molar-refractivity contribution >= 4 is 5.78 Å². The molecule has 0 spiro atoms. The monoisotopic (exact) mass is 274 g/mol. The van der Waals surface area contributed by atoms with Crippen LogP contribution in [0.1, 0.15) is 72.6 Å². The fourth-order valence-electron chi connectivity index (χ4n) is 5.96. The summed E-state index contributed by atoms with van der Waals surface area (Å²) in [6.45, 7) is 9.58. The normalized spacial score (nSPS) is 44.1. The minimum Gasteiger partial charge on any atom is -0.299 e. The van der Waals surface area contributed by atoms with Gasteiger partial charge in [-0.3, -0.25) is 4.79 Å². The highest BCUT2D eigenvalue weighted by molar-refractivity contribution is 5.84. The molecule has 3 aliphatic carbocycles. The van der Waals surface area contributed by atoms with Crippen LogP contribution in [0.25, 0.3) is 0 Å². The highest BCUT2D eigenvalue weighted by Crippen LogP contribution is 2.62. The number of ketones is 1. The first kappa shape index (κ1) is 14.4. The molecule has 0 heterocycles. The second kappa shape index (κ2) is 4.71. The molecule has 0 aromatic rings. The predicted molar refractivity (Wildman–Crippen MR) is 83.4 cm³/mol. The first-order chi connectivity index (χ1) is 9.34. The Balaban J connectivity index is 1.97. The van der Waals surface area contributed by atoms with Crippen LogP contribution < -0.4 is 0 Å². The zero-order valence-electron chi connectivity index (χ0n) is 13.7. The van der Waals surface area contributed by atoms with Gasteiger partial charge in [0.15, 0.2) is 0 Å². The number of hydrogen-bond donors (Lipinski definition) is 0. The van der Waals surface area contributed by atoms with Gasteiger partial charge >= 0.3 is 0 Å². The zero-order valence-corrected chi connectivity index (χ0v) is 13.7. The van der Waals surface area contributed by atoms with Crippen LogP contribution in [0.5, 0.6) is 0 Å². The lowest BCUT2D eigenvalue weighted by Gasteiger charge is -2.59. The third kappa shape index (κ3) is 2.09. The fourth-order valence-corrected chi connectivity index (χ4v) is 5.96. The minimum atomic E-state index is 0.346. The number of carbonyl (C=O) groups is 1. The quantitative estimate of drug-likeness (QED) is 0.558. The minimum absolute atomic E-state index is 0.346. The van der Waals surface area contributed by atoms with Crippen molar-refractivity contribution in [2.24, 2.45) is 28.6 Å². The van der Waals surface area contributed by atoms with Crippen molar-refractivity contribution in [2.75, 3.05) is 0 Å². The van der Waals surface area contributed by atoms with E-state index < -0.39 is 0 Å². The highest BCUT2D eigenvalue weighted by Gasteiger charge is 2.55. The Morgan fingerprint density at radius 3 is 2.65 bits per heavy atom. The van der Waals surface area contributed by atoms with Crippen LogP contribution in [0.4, 0.5) is 0 Å². The summed E-state index contributed by atoms with van der Waals surface area (Å²) < 4.78 is 0. The topological polar surface area (TPSA) is 17.1 Å².